The molecule has 1 amide bonds. The third kappa shape index (κ3) is 5.34. The van der Waals surface area contributed by atoms with Gasteiger partial charge in [-0.3, -0.25) is 10.1 Å². The fourth-order valence-corrected chi connectivity index (χ4v) is 4.10. The van der Waals surface area contributed by atoms with E-state index in [1.165, 1.54) is 50.5 Å². The van der Waals surface area contributed by atoms with E-state index in [0.29, 0.717) is 0 Å². The van der Waals surface area contributed by atoms with Gasteiger partial charge in [-0.1, -0.05) is 17.2 Å². The van der Waals surface area contributed by atoms with Crippen LogP contribution < -0.4 is 5.32 Å². The van der Waals surface area contributed by atoms with Gasteiger partial charge in [-0.2, -0.15) is 0 Å². The highest BCUT2D eigenvalue weighted by Gasteiger charge is 2.18. The second-order valence-electron chi connectivity index (χ2n) is 6.86. The number of hydrogen-bond donors (Lipinski definition) is 1. The Balaban J connectivity index is 1.66. The number of nitrogens with zero attached hydrogens (tertiary/aromatic N) is 3. The number of aromatic nitrogens is 2. The maximum Gasteiger partial charge on any atom is 0.322 e. The largest absolute Gasteiger partial charge is 0.407 e. The fourth-order valence-electron chi connectivity index (χ4n) is 2.56. The van der Waals surface area contributed by atoms with Gasteiger partial charge in [0, 0.05) is 25.9 Å². The van der Waals surface area contributed by atoms with Crippen molar-refractivity contribution < 1.29 is 26.0 Å². The monoisotopic (exact) mass is 464 g/mol. The number of nitrogens with one attached hydrogen (secondary N) is 1. The number of anilines is 1. The van der Waals surface area contributed by atoms with Gasteiger partial charge in [0.25, 0.3) is 5.91 Å². The van der Waals surface area contributed by atoms with Crippen LogP contribution in [0.3, 0.4) is 0 Å². The third-order valence-electron chi connectivity index (χ3n) is 4.29. The molecule has 0 spiro atoms. The Bertz CT molecular complexity index is 1300. The van der Waals surface area contributed by atoms with Crippen LogP contribution in [0, 0.1) is 0 Å². The lowest BCUT2D eigenvalue weighted by molar-refractivity contribution is 0.102. The van der Waals surface area contributed by atoms with Crippen molar-refractivity contribution in [2.24, 2.45) is 0 Å². The number of sulfonamides is 1. The number of benzene rings is 2. The SMILES string of the molecule is CN(C)S(=O)(=O)c1ccc(C(=O)Nc2nnc(Cc3ccc(S(C)(=O)=O)cc3)o2)cc1. The summed E-state index contributed by atoms with van der Waals surface area (Å²) in [4.78, 5) is 12.6. The first-order chi connectivity index (χ1) is 14.5. The van der Waals surface area contributed by atoms with Gasteiger partial charge < -0.3 is 4.42 Å². The summed E-state index contributed by atoms with van der Waals surface area (Å²) < 4.78 is 53.7. The van der Waals surface area contributed by atoms with Gasteiger partial charge in [-0.15, -0.1) is 5.10 Å². The number of hydrogen-bond acceptors (Lipinski definition) is 8. The van der Waals surface area contributed by atoms with Crippen LogP contribution in [0.1, 0.15) is 21.8 Å². The summed E-state index contributed by atoms with van der Waals surface area (Å²) in [7, 11) is -4.03. The molecule has 0 fully saturated rings. The quantitative estimate of drug-likeness (QED) is 0.556. The summed E-state index contributed by atoms with van der Waals surface area (Å²) in [5, 5.41) is 10.1. The van der Waals surface area contributed by atoms with Crippen molar-refractivity contribution >= 4 is 31.8 Å². The van der Waals surface area contributed by atoms with E-state index in [1.807, 2.05) is 0 Å². The zero-order chi connectivity index (χ0) is 22.8. The van der Waals surface area contributed by atoms with Gasteiger partial charge in [0.15, 0.2) is 9.84 Å². The van der Waals surface area contributed by atoms with Crippen LogP contribution in [0.2, 0.25) is 0 Å². The van der Waals surface area contributed by atoms with E-state index in [0.717, 1.165) is 16.1 Å². The summed E-state index contributed by atoms with van der Waals surface area (Å²) in [5.74, 6) is -0.309. The molecule has 1 aromatic heterocycles. The average Bonchev–Trinajstić information content (AvgIpc) is 3.14. The molecule has 164 valence electrons. The topological polar surface area (TPSA) is 140 Å². The summed E-state index contributed by atoms with van der Waals surface area (Å²) in [6.07, 6.45) is 1.38. The Morgan fingerprint density at radius 2 is 1.52 bits per heavy atom. The molecule has 0 saturated heterocycles. The Kier molecular flexibility index (Phi) is 6.25. The number of rotatable bonds is 7. The van der Waals surface area contributed by atoms with Crippen LogP contribution in [0.5, 0.6) is 0 Å². The molecule has 3 aromatic rings. The van der Waals surface area contributed by atoms with E-state index in [4.69, 9.17) is 4.42 Å². The highest BCUT2D eigenvalue weighted by Crippen LogP contribution is 2.17. The number of carbonyl (C=O) groups is 1. The van der Waals surface area contributed by atoms with Crippen molar-refractivity contribution in [3.63, 3.8) is 0 Å². The predicted octanol–water partition coefficient (Wildman–Crippen LogP) is 1.57. The summed E-state index contributed by atoms with van der Waals surface area (Å²) in [6, 6.07) is 11.6. The standard InChI is InChI=1S/C19H20N4O6S2/c1-23(2)31(27,28)16-10-6-14(7-11-16)18(24)20-19-22-21-17(29-19)12-13-4-8-15(9-5-13)30(3,25)26/h4-11H,12H2,1-3H3,(H,20,22,24). The molecule has 31 heavy (non-hydrogen) atoms. The molecule has 3 rings (SSSR count). The first-order valence-corrected chi connectivity index (χ1v) is 12.3. The van der Waals surface area contributed by atoms with Gasteiger partial charge in [0.2, 0.25) is 15.9 Å². The van der Waals surface area contributed by atoms with Crippen LogP contribution >= 0.6 is 0 Å². The molecule has 0 bridgehead atoms. The van der Waals surface area contributed by atoms with E-state index in [2.05, 4.69) is 15.5 Å². The summed E-state index contributed by atoms with van der Waals surface area (Å²) >= 11 is 0. The van der Waals surface area contributed by atoms with Crippen molar-refractivity contribution in [2.75, 3.05) is 25.7 Å². The van der Waals surface area contributed by atoms with E-state index in [1.54, 1.807) is 12.1 Å². The molecule has 10 nitrogen and oxygen atoms in total. The fraction of sp³-hybridized carbons (Fsp3) is 0.211. The zero-order valence-electron chi connectivity index (χ0n) is 16.9. The molecular weight excluding hydrogens is 444 g/mol. The van der Waals surface area contributed by atoms with E-state index in [9.17, 15) is 21.6 Å². The molecule has 0 saturated carbocycles. The van der Waals surface area contributed by atoms with Crippen molar-refractivity contribution in [1.29, 1.82) is 0 Å². The highest BCUT2D eigenvalue weighted by atomic mass is 32.2. The smallest absolute Gasteiger partial charge is 0.322 e. The molecular formula is C19H20N4O6S2. The van der Waals surface area contributed by atoms with Crippen LogP contribution in [0.25, 0.3) is 0 Å². The Hall–Kier alpha value is -3.09. The van der Waals surface area contributed by atoms with Gasteiger partial charge in [-0.05, 0) is 42.0 Å². The molecule has 12 heteroatoms. The van der Waals surface area contributed by atoms with E-state index < -0.39 is 25.8 Å². The van der Waals surface area contributed by atoms with Crippen molar-refractivity contribution in [3.8, 4) is 0 Å². The Labute approximate surface area is 179 Å². The van der Waals surface area contributed by atoms with Crippen molar-refractivity contribution in [1.82, 2.24) is 14.5 Å². The first kappa shape index (κ1) is 22.6. The van der Waals surface area contributed by atoms with E-state index in [-0.39, 0.29) is 33.7 Å². The van der Waals surface area contributed by atoms with Crippen molar-refractivity contribution in [3.05, 3.63) is 65.5 Å². The second kappa shape index (κ2) is 8.57. The van der Waals surface area contributed by atoms with Crippen LogP contribution in [-0.2, 0) is 26.3 Å². The van der Waals surface area contributed by atoms with E-state index >= 15 is 0 Å². The molecule has 0 unspecified atom stereocenters. The predicted molar refractivity (Wildman–Crippen MR) is 112 cm³/mol. The second-order valence-corrected chi connectivity index (χ2v) is 11.0. The summed E-state index contributed by atoms with van der Waals surface area (Å²) in [6.45, 7) is 0. The molecule has 0 aliphatic heterocycles. The number of amides is 1. The molecule has 2 aromatic carbocycles. The molecule has 0 aliphatic rings. The number of carbonyl (C=O) groups excluding carboxylic acids is 1. The lowest BCUT2D eigenvalue weighted by Gasteiger charge is -2.11. The minimum atomic E-state index is -3.59. The highest BCUT2D eigenvalue weighted by molar-refractivity contribution is 7.90. The molecule has 1 heterocycles. The molecule has 0 radical (unpaired) electrons. The number of sulfone groups is 1. The Morgan fingerprint density at radius 3 is 2.06 bits per heavy atom. The van der Waals surface area contributed by atoms with Gasteiger partial charge in [0.05, 0.1) is 16.2 Å². The van der Waals surface area contributed by atoms with Crippen LogP contribution in [0.15, 0.2) is 62.7 Å². The molecule has 1 N–H and O–H groups in total. The zero-order valence-corrected chi connectivity index (χ0v) is 18.6. The normalized spacial score (nSPS) is 12.1. The lowest BCUT2D eigenvalue weighted by Crippen LogP contribution is -2.22. The van der Waals surface area contributed by atoms with Gasteiger partial charge in [0.1, 0.15) is 0 Å². The maximum absolute atomic E-state index is 12.4. The minimum Gasteiger partial charge on any atom is -0.407 e. The first-order valence-electron chi connectivity index (χ1n) is 8.92. The van der Waals surface area contributed by atoms with Crippen molar-refractivity contribution in [2.45, 2.75) is 16.2 Å². The summed E-state index contributed by atoms with van der Waals surface area (Å²) in [5.41, 5.74) is 0.973. The lowest BCUT2D eigenvalue weighted by atomic mass is 10.1. The van der Waals surface area contributed by atoms with Crippen LogP contribution in [0.4, 0.5) is 6.01 Å². The molecule has 0 aliphatic carbocycles. The maximum atomic E-state index is 12.4. The third-order valence-corrected chi connectivity index (χ3v) is 7.25. The van der Waals surface area contributed by atoms with Gasteiger partial charge >= 0.3 is 6.01 Å². The van der Waals surface area contributed by atoms with Gasteiger partial charge in [-0.25, -0.2) is 21.1 Å². The van der Waals surface area contributed by atoms with Crippen LogP contribution in [-0.4, -0.2) is 57.6 Å². The minimum absolute atomic E-state index is 0.0658. The average molecular weight is 465 g/mol. The Morgan fingerprint density at radius 1 is 0.935 bits per heavy atom. The molecule has 0 atom stereocenters.